The molecule has 1 N–H and O–H groups in total. The van der Waals surface area contributed by atoms with Gasteiger partial charge >= 0.3 is 5.91 Å². The maximum atomic E-state index is 10.1. The molecule has 0 unspecified atom stereocenters. The van der Waals surface area contributed by atoms with E-state index >= 15 is 0 Å². The molecule has 0 spiro atoms. The van der Waals surface area contributed by atoms with Crippen LogP contribution in [0, 0.1) is 0 Å². The quantitative estimate of drug-likeness (QED) is 0.182. The van der Waals surface area contributed by atoms with Gasteiger partial charge in [-0.15, -0.1) is 5.53 Å². The highest BCUT2D eigenvalue weighted by atomic mass is 16.2. The minimum absolute atomic E-state index is 0.511. The van der Waals surface area contributed by atoms with Crippen molar-refractivity contribution in [2.45, 2.75) is 0 Å². The Kier molecular flexibility index (Phi) is 3.02. The molecule has 0 aromatic rings. The molecule has 0 atom stereocenters. The summed E-state index contributed by atoms with van der Waals surface area (Å²) in [6.07, 6.45) is 1.01. The number of carbonyl (C=O) groups is 1. The Labute approximate surface area is 45.6 Å². The average Bonchev–Trinajstić information content (AvgIpc) is 1.83. The highest BCUT2D eigenvalue weighted by Crippen LogP contribution is 1.65. The van der Waals surface area contributed by atoms with Gasteiger partial charge in [0, 0.05) is 6.08 Å². The molecule has 0 saturated heterocycles. The van der Waals surface area contributed by atoms with Crippen LogP contribution in [0.1, 0.15) is 0 Å². The lowest BCUT2D eigenvalue weighted by atomic mass is 10.6. The molecule has 1 amide bonds. The van der Waals surface area contributed by atoms with Gasteiger partial charge in [-0.05, 0) is 5.22 Å². The first-order valence-corrected chi connectivity index (χ1v) is 1.77. The van der Waals surface area contributed by atoms with Gasteiger partial charge in [0.1, 0.15) is 0 Å². The van der Waals surface area contributed by atoms with Gasteiger partial charge in [0.05, 0.1) is 0 Å². The van der Waals surface area contributed by atoms with Crippen molar-refractivity contribution in [2.24, 2.45) is 5.22 Å². The summed E-state index contributed by atoms with van der Waals surface area (Å²) in [6.45, 7) is 3.12. The number of azide groups is 1. The molecule has 0 fully saturated rings. The van der Waals surface area contributed by atoms with Crippen LogP contribution in [0.3, 0.4) is 0 Å². The molecule has 0 aliphatic carbocycles. The summed E-state index contributed by atoms with van der Waals surface area (Å²) in [7, 11) is 0. The van der Waals surface area contributed by atoms with E-state index < -0.39 is 5.91 Å². The minimum Gasteiger partial charge on any atom is -0.241 e. The van der Waals surface area contributed by atoms with Gasteiger partial charge < -0.3 is 0 Å². The van der Waals surface area contributed by atoms with Gasteiger partial charge in [-0.25, -0.2) is 4.79 Å². The second-order valence-electron chi connectivity index (χ2n) is 0.870. The lowest BCUT2D eigenvalue weighted by Gasteiger charge is -1.79. The largest absolute Gasteiger partial charge is 0.334 e. The van der Waals surface area contributed by atoms with Gasteiger partial charge in [-0.3, -0.25) is 0 Å². The Morgan fingerprint density at radius 2 is 2.62 bits per heavy atom. The molecule has 0 rings (SSSR count). The van der Waals surface area contributed by atoms with E-state index in [1.165, 1.54) is 0 Å². The molecule has 0 bridgehead atoms. The molecule has 0 heterocycles. The van der Waals surface area contributed by atoms with Crippen LogP contribution in [0.25, 0.3) is 10.4 Å². The highest BCUT2D eigenvalue weighted by Gasteiger charge is 1.88. The van der Waals surface area contributed by atoms with Crippen LogP contribution in [0.4, 0.5) is 0 Å². The van der Waals surface area contributed by atoms with E-state index in [1.54, 1.807) is 0 Å². The molecule has 42 valence electrons. The van der Waals surface area contributed by atoms with Crippen molar-refractivity contribution in [2.75, 3.05) is 0 Å². The molecule has 0 aliphatic rings. The Balaban J connectivity index is 3.55. The van der Waals surface area contributed by atoms with Crippen molar-refractivity contribution in [3.05, 3.63) is 23.1 Å². The number of rotatable bonds is 2. The summed E-state index contributed by atoms with van der Waals surface area (Å²) >= 11 is 0. The highest BCUT2D eigenvalue weighted by molar-refractivity contribution is 5.86. The van der Waals surface area contributed by atoms with Crippen LogP contribution in [0.5, 0.6) is 0 Å². The third kappa shape index (κ3) is 2.74. The summed E-state index contributed by atoms with van der Waals surface area (Å²) in [5, 5.41) is 2.75. The van der Waals surface area contributed by atoms with Crippen LogP contribution in [0.2, 0.25) is 0 Å². The first kappa shape index (κ1) is 6.52. The lowest BCUT2D eigenvalue weighted by molar-refractivity contribution is -0.116. The number of hydrogen-bond donors (Lipinski definition) is 1. The van der Waals surface area contributed by atoms with Gasteiger partial charge in [0.25, 0.3) is 0 Å². The van der Waals surface area contributed by atoms with Crippen molar-refractivity contribution < 1.29 is 4.79 Å². The van der Waals surface area contributed by atoms with Crippen LogP contribution >= 0.6 is 0 Å². The van der Waals surface area contributed by atoms with E-state index in [2.05, 4.69) is 16.7 Å². The zero-order chi connectivity index (χ0) is 6.41. The molecular formula is C3H4N4O. The number of nitrogens with one attached hydrogen (secondary N) is 1. The van der Waals surface area contributed by atoms with Gasteiger partial charge in [-0.2, -0.15) is 10.3 Å². The average molecular weight is 112 g/mol. The molecule has 0 aromatic heterocycles. The maximum absolute atomic E-state index is 10.1. The molecule has 0 aliphatic heterocycles. The summed E-state index contributed by atoms with van der Waals surface area (Å²) in [5.74, 6) is -0.511. The zero-order valence-electron chi connectivity index (χ0n) is 4.03. The Hall–Kier alpha value is -1.48. The van der Waals surface area contributed by atoms with Crippen molar-refractivity contribution in [1.82, 2.24) is 5.43 Å². The molecule has 0 saturated carbocycles. The molecule has 8 heavy (non-hydrogen) atoms. The van der Waals surface area contributed by atoms with Crippen LogP contribution in [0.15, 0.2) is 17.9 Å². The van der Waals surface area contributed by atoms with E-state index in [9.17, 15) is 4.79 Å². The summed E-state index contributed by atoms with van der Waals surface area (Å²) in [6, 6.07) is 0. The predicted molar refractivity (Wildman–Crippen MR) is 27.5 cm³/mol. The predicted octanol–water partition coefficient (Wildman–Crippen LogP) is 0.514. The molecule has 5 nitrogen and oxygen atoms in total. The molecule has 0 radical (unpaired) electrons. The fourth-order valence-electron chi connectivity index (χ4n) is 0.117. The number of nitrogens with zero attached hydrogens (tertiary/aromatic N) is 3. The standard InChI is InChI=1S/C3H4N4O/c1-2-3(8)5-7-6-4/h2H,1H2,(H,5,8). The lowest BCUT2D eigenvalue weighted by Crippen LogP contribution is -2.11. The van der Waals surface area contributed by atoms with Crippen LogP contribution in [-0.4, -0.2) is 5.91 Å². The normalized spacial score (nSPS) is 6.50. The Morgan fingerprint density at radius 3 is 3.00 bits per heavy atom. The smallest absolute Gasteiger partial charge is 0.241 e. The van der Waals surface area contributed by atoms with E-state index in [4.69, 9.17) is 5.53 Å². The van der Waals surface area contributed by atoms with Crippen molar-refractivity contribution in [1.29, 1.82) is 0 Å². The zero-order valence-corrected chi connectivity index (χ0v) is 4.03. The fraction of sp³-hybridized carbons (Fsp3) is 0. The van der Waals surface area contributed by atoms with E-state index in [0.717, 1.165) is 6.08 Å². The number of hydrogen-bond acceptors (Lipinski definition) is 2. The van der Waals surface area contributed by atoms with E-state index in [-0.39, 0.29) is 0 Å². The van der Waals surface area contributed by atoms with Gasteiger partial charge in [-0.1, -0.05) is 6.58 Å². The van der Waals surface area contributed by atoms with Crippen LogP contribution in [-0.2, 0) is 4.79 Å². The SMILES string of the molecule is C=CC(=O)NN=[N+]=[N-]. The van der Waals surface area contributed by atoms with Crippen molar-refractivity contribution in [3.63, 3.8) is 0 Å². The number of amides is 1. The summed E-state index contributed by atoms with van der Waals surface area (Å²) in [5.41, 5.74) is 9.45. The summed E-state index contributed by atoms with van der Waals surface area (Å²) in [4.78, 5) is 12.3. The monoisotopic (exact) mass is 112 g/mol. The topological polar surface area (TPSA) is 77.9 Å². The van der Waals surface area contributed by atoms with Crippen molar-refractivity contribution in [3.8, 4) is 0 Å². The molecular weight excluding hydrogens is 108 g/mol. The first-order chi connectivity index (χ1) is 3.81. The minimum atomic E-state index is -0.511. The number of carbonyl (C=O) groups excluding carboxylic acids is 1. The van der Waals surface area contributed by atoms with Crippen molar-refractivity contribution >= 4 is 5.91 Å². The Morgan fingerprint density at radius 1 is 2.00 bits per heavy atom. The second-order valence-corrected chi connectivity index (χ2v) is 0.870. The Bertz CT molecular complexity index is 145. The molecule has 5 heteroatoms. The maximum Gasteiger partial charge on any atom is 0.334 e. The fourth-order valence-corrected chi connectivity index (χ4v) is 0.117. The van der Waals surface area contributed by atoms with Crippen LogP contribution < -0.4 is 5.43 Å². The third-order valence-corrected chi connectivity index (χ3v) is 0.390. The van der Waals surface area contributed by atoms with E-state index in [0.29, 0.717) is 0 Å². The molecule has 0 aromatic carbocycles. The van der Waals surface area contributed by atoms with Gasteiger partial charge in [0.15, 0.2) is 0 Å². The first-order valence-electron chi connectivity index (χ1n) is 1.77. The second kappa shape index (κ2) is 3.70. The summed E-state index contributed by atoms with van der Waals surface area (Å²) < 4.78 is 0. The van der Waals surface area contributed by atoms with Gasteiger partial charge in [0.2, 0.25) is 0 Å². The third-order valence-electron chi connectivity index (χ3n) is 0.390. The van der Waals surface area contributed by atoms with E-state index in [1.807, 2.05) is 5.43 Å².